The molecule has 2 aliphatic rings. The van der Waals surface area contributed by atoms with Gasteiger partial charge in [0.2, 0.25) is 0 Å². The number of hydrogen-bond acceptors (Lipinski definition) is 12. The number of rotatable bonds is 7. The molecule has 3 rings (SSSR count). The predicted octanol–water partition coefficient (Wildman–Crippen LogP) is -2.70. The Labute approximate surface area is 204 Å². The van der Waals surface area contributed by atoms with Gasteiger partial charge in [-0.1, -0.05) is 5.16 Å². The first-order valence-electron chi connectivity index (χ1n) is 7.60. The molecular formula is C14H14N5NaO5S4. The van der Waals surface area contributed by atoms with E-state index in [4.69, 9.17) is 10.9 Å². The molecule has 2 atom stereocenters. The van der Waals surface area contributed by atoms with Gasteiger partial charge in [-0.25, -0.2) is 9.78 Å². The van der Waals surface area contributed by atoms with Gasteiger partial charge in [-0.3, -0.25) is 14.7 Å². The van der Waals surface area contributed by atoms with Crippen molar-refractivity contribution in [2.45, 2.75) is 11.4 Å². The molecule has 15 heteroatoms. The molecule has 4 N–H and O–H groups in total. The van der Waals surface area contributed by atoms with Crippen molar-refractivity contribution >= 4 is 75.2 Å². The fourth-order valence-electron chi connectivity index (χ4n) is 2.58. The van der Waals surface area contributed by atoms with E-state index in [0.29, 0.717) is 15.7 Å². The molecule has 1 fully saturated rings. The van der Waals surface area contributed by atoms with Gasteiger partial charge < -0.3 is 21.2 Å². The SMILES string of the molecule is CSCSC1=C(C(=O)O)N2C(=O)[C@@H](N=C([O-])/C(=N/O)c3csc(N)n3)[C@H]2SC1.[Na+]. The Kier molecular flexibility index (Phi) is 8.75. The van der Waals surface area contributed by atoms with Crippen LogP contribution in [0.2, 0.25) is 0 Å². The number of fused-ring (bicyclic) bond motifs is 1. The monoisotopic (exact) mass is 483 g/mol. The van der Waals surface area contributed by atoms with E-state index in [2.05, 4.69) is 15.1 Å². The molecule has 3 heterocycles. The van der Waals surface area contributed by atoms with Crippen LogP contribution in [0.5, 0.6) is 0 Å². The van der Waals surface area contributed by atoms with Crippen LogP contribution < -0.4 is 40.4 Å². The minimum absolute atomic E-state index is 0. The van der Waals surface area contributed by atoms with Crippen molar-refractivity contribution in [2.24, 2.45) is 10.1 Å². The van der Waals surface area contributed by atoms with E-state index in [1.165, 1.54) is 28.9 Å². The van der Waals surface area contributed by atoms with Gasteiger partial charge in [0.25, 0.3) is 5.91 Å². The second-order valence-corrected chi connectivity index (χ2v) is 9.73. The maximum absolute atomic E-state index is 12.5. The standard InChI is InChI=1S/C14H15N5O5S4.Na/c1-25-4-28-6-3-26-12-8(11(21)19(12)9(6)13(22)23)17-10(20)7(18-24)5-2-27-14(15)16-5;/h2,8,12,24H,3-4H2,1H3,(H2,15,16)(H,17,20)(H,22,23);/q;+1/p-1/b18-7+;/t8-,12-;/m1./s1. The average molecular weight is 484 g/mol. The van der Waals surface area contributed by atoms with Crippen molar-refractivity contribution in [1.82, 2.24) is 9.88 Å². The van der Waals surface area contributed by atoms with Gasteiger partial charge >= 0.3 is 35.5 Å². The van der Waals surface area contributed by atoms with Gasteiger partial charge in [-0.15, -0.1) is 34.9 Å². The minimum Gasteiger partial charge on any atom is -0.857 e. The summed E-state index contributed by atoms with van der Waals surface area (Å²) in [7, 11) is 0. The molecule has 1 saturated heterocycles. The number of nitrogens with zero attached hydrogens (tertiary/aromatic N) is 4. The van der Waals surface area contributed by atoms with Gasteiger partial charge in [0.1, 0.15) is 22.5 Å². The molecule has 0 bridgehead atoms. The first-order valence-corrected chi connectivity index (χ1v) is 11.9. The third kappa shape index (κ3) is 4.89. The van der Waals surface area contributed by atoms with Crippen LogP contribution in [0.1, 0.15) is 5.69 Å². The third-order valence-electron chi connectivity index (χ3n) is 3.78. The Morgan fingerprint density at radius 2 is 2.28 bits per heavy atom. The van der Waals surface area contributed by atoms with E-state index in [0.717, 1.165) is 16.2 Å². The Bertz CT molecular complexity index is 905. The molecule has 0 aromatic carbocycles. The molecule has 0 aliphatic carbocycles. The molecule has 150 valence electrons. The van der Waals surface area contributed by atoms with Crippen molar-refractivity contribution in [3.8, 4) is 0 Å². The van der Waals surface area contributed by atoms with Gasteiger partial charge in [-0.05, 0) is 6.26 Å². The smallest absolute Gasteiger partial charge is 0.857 e. The zero-order valence-electron chi connectivity index (χ0n) is 15.3. The number of aliphatic imine (C=N–C) groups is 1. The minimum atomic E-state index is -1.19. The average Bonchev–Trinajstić information content (AvgIpc) is 3.09. The predicted molar refractivity (Wildman–Crippen MR) is 110 cm³/mol. The zero-order valence-corrected chi connectivity index (χ0v) is 20.5. The Hall–Kier alpha value is -0.900. The molecule has 0 spiro atoms. The van der Waals surface area contributed by atoms with E-state index in [1.807, 2.05) is 6.26 Å². The molecule has 1 amide bonds. The number of oxime groups is 1. The summed E-state index contributed by atoms with van der Waals surface area (Å²) >= 11 is 5.33. The first kappa shape index (κ1) is 24.4. The second kappa shape index (κ2) is 10.4. The van der Waals surface area contributed by atoms with Crippen molar-refractivity contribution in [2.75, 3.05) is 22.8 Å². The van der Waals surface area contributed by atoms with E-state index in [-0.39, 0.29) is 46.1 Å². The summed E-state index contributed by atoms with van der Waals surface area (Å²) in [6.07, 6.45) is 1.90. The molecule has 0 radical (unpaired) electrons. The summed E-state index contributed by atoms with van der Waals surface area (Å²) in [5, 5.41) is 35.7. The quantitative estimate of drug-likeness (QED) is 0.0707. The summed E-state index contributed by atoms with van der Waals surface area (Å²) in [6.45, 7) is 0. The number of hydrogen-bond donors (Lipinski definition) is 3. The van der Waals surface area contributed by atoms with Gasteiger partial charge in [0, 0.05) is 27.0 Å². The zero-order chi connectivity index (χ0) is 20.4. The Balaban J connectivity index is 0.00000300. The van der Waals surface area contributed by atoms with Gasteiger partial charge in [-0.2, -0.15) is 11.8 Å². The van der Waals surface area contributed by atoms with Crippen molar-refractivity contribution in [3.05, 3.63) is 21.7 Å². The van der Waals surface area contributed by atoms with Crippen LogP contribution in [0.3, 0.4) is 0 Å². The van der Waals surface area contributed by atoms with Crippen LogP contribution in [0.25, 0.3) is 0 Å². The second-order valence-electron chi connectivity index (χ2n) is 5.44. The number of nitrogen functional groups attached to an aromatic ring is 1. The van der Waals surface area contributed by atoms with E-state index >= 15 is 0 Å². The number of aromatic nitrogens is 1. The number of nitrogens with two attached hydrogens (primary N) is 1. The maximum Gasteiger partial charge on any atom is 1.00 e. The summed E-state index contributed by atoms with van der Waals surface area (Å²) in [5.74, 6) is -2.29. The number of anilines is 1. The van der Waals surface area contributed by atoms with E-state index in [1.54, 1.807) is 11.8 Å². The number of carbonyl (C=O) groups excluding carboxylic acids is 1. The number of aliphatic carboxylic acids is 1. The summed E-state index contributed by atoms with van der Waals surface area (Å²) in [4.78, 5) is 33.7. The topological polar surface area (TPSA) is 165 Å². The normalized spacial score (nSPS) is 22.1. The summed E-state index contributed by atoms with van der Waals surface area (Å²) in [5.41, 5.74) is 5.08. The van der Waals surface area contributed by atoms with Crippen molar-refractivity contribution < 1.29 is 54.6 Å². The van der Waals surface area contributed by atoms with Crippen LogP contribution in [0, 0.1) is 0 Å². The molecular weight excluding hydrogens is 469 g/mol. The molecule has 29 heavy (non-hydrogen) atoms. The fraction of sp³-hybridized carbons (Fsp3) is 0.357. The molecule has 0 saturated carbocycles. The van der Waals surface area contributed by atoms with E-state index in [9.17, 15) is 19.8 Å². The van der Waals surface area contributed by atoms with Gasteiger partial charge in [0.05, 0.1) is 0 Å². The molecule has 10 nitrogen and oxygen atoms in total. The number of carbonyl (C=O) groups is 2. The number of carboxylic acid groups (broad SMARTS) is 1. The number of carboxylic acids is 1. The fourth-order valence-corrected chi connectivity index (χ4v) is 6.21. The number of β-lactam (4-membered cyclic amide) rings is 1. The van der Waals surface area contributed by atoms with Crippen LogP contribution in [-0.4, -0.2) is 72.2 Å². The largest absolute Gasteiger partial charge is 1.00 e. The number of thioether (sulfide) groups is 3. The molecule has 2 aliphatic heterocycles. The van der Waals surface area contributed by atoms with Crippen molar-refractivity contribution in [1.29, 1.82) is 0 Å². The first-order chi connectivity index (χ1) is 13.4. The van der Waals surface area contributed by atoms with Gasteiger partial charge in [0.15, 0.2) is 11.2 Å². The van der Waals surface area contributed by atoms with Crippen molar-refractivity contribution in [3.63, 3.8) is 0 Å². The van der Waals surface area contributed by atoms with Crippen LogP contribution in [-0.2, 0) is 9.59 Å². The summed E-state index contributed by atoms with van der Waals surface area (Å²) < 4.78 is 0. The Morgan fingerprint density at radius 1 is 1.55 bits per heavy atom. The van der Waals surface area contributed by atoms with E-state index < -0.39 is 34.9 Å². The number of thiazole rings is 1. The molecule has 1 aromatic heterocycles. The molecule has 0 unspecified atom stereocenters. The Morgan fingerprint density at radius 3 is 2.83 bits per heavy atom. The van der Waals surface area contributed by atoms with Crippen LogP contribution in [0.15, 0.2) is 26.1 Å². The third-order valence-corrected chi connectivity index (χ3v) is 8.00. The molecule has 1 aromatic rings. The number of amides is 1. The maximum atomic E-state index is 12.5. The summed E-state index contributed by atoms with van der Waals surface area (Å²) in [6, 6.07) is -1.05. The van der Waals surface area contributed by atoms with Crippen LogP contribution >= 0.6 is 46.6 Å². The van der Waals surface area contributed by atoms with Crippen LogP contribution in [0.4, 0.5) is 5.13 Å².